The molecular weight excluding hydrogens is 404 g/mol. The van der Waals surface area contributed by atoms with Gasteiger partial charge in [0.15, 0.2) is 0 Å². The van der Waals surface area contributed by atoms with Crippen LogP contribution in [-0.4, -0.2) is 40.6 Å². The summed E-state index contributed by atoms with van der Waals surface area (Å²) in [6.45, 7) is 3.65. The molecule has 0 saturated carbocycles. The van der Waals surface area contributed by atoms with E-state index in [1.54, 1.807) is 14.2 Å². The van der Waals surface area contributed by atoms with Crippen LogP contribution in [0.25, 0.3) is 0 Å². The van der Waals surface area contributed by atoms with E-state index < -0.39 is 0 Å². The van der Waals surface area contributed by atoms with Crippen LogP contribution in [0.1, 0.15) is 42.8 Å². The molecule has 1 fully saturated rings. The quantitative estimate of drug-likeness (QED) is 0.546. The molecule has 1 atom stereocenters. The Hall–Kier alpha value is -3.39. The predicted molar refractivity (Wildman–Crippen MR) is 125 cm³/mol. The van der Waals surface area contributed by atoms with Crippen molar-refractivity contribution in [1.82, 2.24) is 19.9 Å². The maximum atomic E-state index is 6.03. The minimum Gasteiger partial charge on any atom is -0.497 e. The number of para-hydroxylation sites is 1. The van der Waals surface area contributed by atoms with E-state index in [-0.39, 0.29) is 12.0 Å². The molecule has 2 heterocycles. The van der Waals surface area contributed by atoms with Crippen molar-refractivity contribution in [3.8, 4) is 11.5 Å². The van der Waals surface area contributed by atoms with Crippen molar-refractivity contribution in [2.45, 2.75) is 38.8 Å². The molecule has 4 rings (SSSR count). The molecule has 168 valence electrons. The molecule has 8 nitrogen and oxygen atoms in total. The molecule has 1 aromatic heterocycles. The van der Waals surface area contributed by atoms with Gasteiger partial charge in [-0.1, -0.05) is 31.2 Å². The lowest BCUT2D eigenvalue weighted by Crippen LogP contribution is -2.25. The number of nitrogens with zero attached hydrogens (tertiary/aromatic N) is 4. The van der Waals surface area contributed by atoms with E-state index >= 15 is 0 Å². The standard InChI is InChI=1S/C24H30N6O2/c1-4-16-8-5-6-9-19(16)26-24-28-22(27-23(25)29-24)15-30-13-7-10-20(30)18-12-11-17(31-2)14-21(18)32-3/h5-6,8-9,11-12,14,20H,4,7,10,13,15H2,1-3H3,(H3,25,26,27,28,29)/t20-/m1/s1. The summed E-state index contributed by atoms with van der Waals surface area (Å²) in [6.07, 6.45) is 3.05. The van der Waals surface area contributed by atoms with Gasteiger partial charge in [-0.05, 0) is 43.5 Å². The number of ether oxygens (including phenoxy) is 2. The van der Waals surface area contributed by atoms with Crippen molar-refractivity contribution in [3.63, 3.8) is 0 Å². The van der Waals surface area contributed by atoms with E-state index in [0.717, 1.165) is 48.6 Å². The number of hydrogen-bond donors (Lipinski definition) is 2. The Kier molecular flexibility index (Phi) is 6.70. The van der Waals surface area contributed by atoms with Gasteiger partial charge in [0.1, 0.15) is 17.3 Å². The summed E-state index contributed by atoms with van der Waals surface area (Å²) in [6, 6.07) is 14.3. The smallest absolute Gasteiger partial charge is 0.232 e. The Labute approximate surface area is 188 Å². The fraction of sp³-hybridized carbons (Fsp3) is 0.375. The first-order valence-corrected chi connectivity index (χ1v) is 10.9. The second-order valence-electron chi connectivity index (χ2n) is 7.81. The van der Waals surface area contributed by atoms with Crippen molar-refractivity contribution in [2.75, 3.05) is 31.8 Å². The van der Waals surface area contributed by atoms with Gasteiger partial charge >= 0.3 is 0 Å². The molecule has 3 N–H and O–H groups in total. The maximum Gasteiger partial charge on any atom is 0.232 e. The molecular formula is C24H30N6O2. The van der Waals surface area contributed by atoms with Gasteiger partial charge < -0.3 is 20.5 Å². The zero-order valence-electron chi connectivity index (χ0n) is 18.8. The lowest BCUT2D eigenvalue weighted by Gasteiger charge is -2.26. The van der Waals surface area contributed by atoms with E-state index in [1.807, 2.05) is 30.3 Å². The average molecular weight is 435 g/mol. The summed E-state index contributed by atoms with van der Waals surface area (Å²) in [5.41, 5.74) is 9.34. The number of nitrogens with two attached hydrogens (primary N) is 1. The number of methoxy groups -OCH3 is 2. The number of hydrogen-bond acceptors (Lipinski definition) is 8. The lowest BCUT2D eigenvalue weighted by atomic mass is 10.0. The largest absolute Gasteiger partial charge is 0.497 e. The highest BCUT2D eigenvalue weighted by Gasteiger charge is 2.29. The van der Waals surface area contributed by atoms with E-state index in [2.05, 4.69) is 44.2 Å². The Morgan fingerprint density at radius 1 is 1.09 bits per heavy atom. The van der Waals surface area contributed by atoms with Gasteiger partial charge in [0.05, 0.1) is 20.8 Å². The molecule has 1 saturated heterocycles. The van der Waals surface area contributed by atoms with Crippen molar-refractivity contribution in [1.29, 1.82) is 0 Å². The minimum atomic E-state index is 0.212. The van der Waals surface area contributed by atoms with Crippen LogP contribution >= 0.6 is 0 Å². The molecule has 1 aliphatic rings. The number of rotatable bonds is 8. The SMILES string of the molecule is CCc1ccccc1Nc1nc(N)nc(CN2CCC[C@@H]2c2ccc(OC)cc2OC)n1. The van der Waals surface area contributed by atoms with Crippen LogP contribution in [0.2, 0.25) is 0 Å². The minimum absolute atomic E-state index is 0.212. The molecule has 0 radical (unpaired) electrons. The molecule has 0 aliphatic carbocycles. The summed E-state index contributed by atoms with van der Waals surface area (Å²) in [5.74, 6) is 2.93. The van der Waals surface area contributed by atoms with Gasteiger partial charge in [0, 0.05) is 23.4 Å². The summed E-state index contributed by atoms with van der Waals surface area (Å²) in [4.78, 5) is 15.7. The molecule has 0 unspecified atom stereocenters. The van der Waals surface area contributed by atoms with Crippen LogP contribution in [0.3, 0.4) is 0 Å². The Bertz CT molecular complexity index is 1070. The van der Waals surface area contributed by atoms with E-state index in [0.29, 0.717) is 18.3 Å². The fourth-order valence-corrected chi connectivity index (χ4v) is 4.28. The molecule has 0 spiro atoms. The van der Waals surface area contributed by atoms with E-state index in [1.165, 1.54) is 5.56 Å². The van der Waals surface area contributed by atoms with Crippen LogP contribution in [0, 0.1) is 0 Å². The Morgan fingerprint density at radius 2 is 1.94 bits per heavy atom. The van der Waals surface area contributed by atoms with Crippen molar-refractivity contribution >= 4 is 17.6 Å². The Morgan fingerprint density at radius 3 is 2.72 bits per heavy atom. The number of aromatic nitrogens is 3. The summed E-state index contributed by atoms with van der Waals surface area (Å²) < 4.78 is 11.0. The second kappa shape index (κ2) is 9.82. The maximum absolute atomic E-state index is 6.03. The normalized spacial score (nSPS) is 16.2. The third-order valence-corrected chi connectivity index (χ3v) is 5.85. The van der Waals surface area contributed by atoms with Gasteiger partial charge in [-0.15, -0.1) is 0 Å². The summed E-state index contributed by atoms with van der Waals surface area (Å²) >= 11 is 0. The number of benzene rings is 2. The molecule has 2 aromatic carbocycles. The second-order valence-corrected chi connectivity index (χ2v) is 7.81. The highest BCUT2D eigenvalue weighted by Crippen LogP contribution is 2.39. The number of likely N-dealkylation sites (tertiary alicyclic amines) is 1. The average Bonchev–Trinajstić information content (AvgIpc) is 3.26. The van der Waals surface area contributed by atoms with Crippen molar-refractivity contribution in [2.24, 2.45) is 0 Å². The lowest BCUT2D eigenvalue weighted by molar-refractivity contribution is 0.237. The topological polar surface area (TPSA) is 98.4 Å². The van der Waals surface area contributed by atoms with Crippen LogP contribution in [0.4, 0.5) is 17.6 Å². The number of nitrogens with one attached hydrogen (secondary N) is 1. The first-order valence-electron chi connectivity index (χ1n) is 10.9. The molecule has 3 aromatic rings. The Balaban J connectivity index is 1.56. The molecule has 0 amide bonds. The van der Waals surface area contributed by atoms with Gasteiger partial charge in [-0.3, -0.25) is 4.90 Å². The number of nitrogen functional groups attached to an aromatic ring is 1. The third kappa shape index (κ3) is 4.75. The predicted octanol–water partition coefficient (Wildman–Crippen LogP) is 4.11. The highest BCUT2D eigenvalue weighted by atomic mass is 16.5. The van der Waals surface area contributed by atoms with E-state index in [4.69, 9.17) is 15.2 Å². The number of anilines is 3. The zero-order valence-corrected chi connectivity index (χ0v) is 18.8. The summed E-state index contributed by atoms with van der Waals surface area (Å²) in [7, 11) is 3.35. The van der Waals surface area contributed by atoms with Gasteiger partial charge in [0.2, 0.25) is 11.9 Å². The van der Waals surface area contributed by atoms with Crippen LogP contribution < -0.4 is 20.5 Å². The fourth-order valence-electron chi connectivity index (χ4n) is 4.28. The monoisotopic (exact) mass is 434 g/mol. The van der Waals surface area contributed by atoms with Crippen molar-refractivity contribution in [3.05, 3.63) is 59.4 Å². The molecule has 1 aliphatic heterocycles. The van der Waals surface area contributed by atoms with Gasteiger partial charge in [-0.25, -0.2) is 0 Å². The highest BCUT2D eigenvalue weighted by molar-refractivity contribution is 5.58. The van der Waals surface area contributed by atoms with Crippen LogP contribution in [-0.2, 0) is 13.0 Å². The molecule has 0 bridgehead atoms. The molecule has 32 heavy (non-hydrogen) atoms. The van der Waals surface area contributed by atoms with Gasteiger partial charge in [0.25, 0.3) is 0 Å². The number of aryl methyl sites for hydroxylation is 1. The first-order chi connectivity index (χ1) is 15.6. The van der Waals surface area contributed by atoms with Crippen LogP contribution in [0.5, 0.6) is 11.5 Å². The van der Waals surface area contributed by atoms with Gasteiger partial charge in [-0.2, -0.15) is 15.0 Å². The van der Waals surface area contributed by atoms with Crippen LogP contribution in [0.15, 0.2) is 42.5 Å². The van der Waals surface area contributed by atoms with E-state index in [9.17, 15) is 0 Å². The van der Waals surface area contributed by atoms with Crippen molar-refractivity contribution < 1.29 is 9.47 Å². The first kappa shape index (κ1) is 21.8. The third-order valence-electron chi connectivity index (χ3n) is 5.85. The zero-order chi connectivity index (χ0) is 22.5. The molecule has 8 heteroatoms. The summed E-state index contributed by atoms with van der Waals surface area (Å²) in [5, 5.41) is 3.31.